The lowest BCUT2D eigenvalue weighted by Gasteiger charge is -2.34. The van der Waals surface area contributed by atoms with Crippen LogP contribution in [0, 0.1) is 5.92 Å². The van der Waals surface area contributed by atoms with Crippen LogP contribution in [0.2, 0.25) is 0 Å². The van der Waals surface area contributed by atoms with Gasteiger partial charge in [-0.15, -0.1) is 0 Å². The number of hydrogen-bond acceptors (Lipinski definition) is 5. The molecule has 1 fully saturated rings. The van der Waals surface area contributed by atoms with Gasteiger partial charge in [-0.2, -0.15) is 5.10 Å². The summed E-state index contributed by atoms with van der Waals surface area (Å²) in [6, 6.07) is 7.18. The Labute approximate surface area is 198 Å². The van der Waals surface area contributed by atoms with Gasteiger partial charge in [0.25, 0.3) is 11.5 Å². The van der Waals surface area contributed by atoms with Crippen LogP contribution < -0.4 is 20.9 Å². The Morgan fingerprint density at radius 3 is 2.76 bits per heavy atom. The second kappa shape index (κ2) is 9.70. The number of nitrogens with one attached hydrogen (secondary N) is 2. The van der Waals surface area contributed by atoms with Crippen molar-refractivity contribution in [2.75, 3.05) is 12.4 Å². The van der Waals surface area contributed by atoms with Crippen molar-refractivity contribution in [3.63, 3.8) is 0 Å². The van der Waals surface area contributed by atoms with Crippen LogP contribution in [0.4, 0.5) is 5.69 Å². The van der Waals surface area contributed by atoms with Crippen molar-refractivity contribution in [1.29, 1.82) is 0 Å². The quantitative estimate of drug-likeness (QED) is 0.581. The van der Waals surface area contributed by atoms with E-state index in [-0.39, 0.29) is 29.2 Å². The predicted molar refractivity (Wildman–Crippen MR) is 130 cm³/mol. The molecule has 9 heteroatoms. The van der Waals surface area contributed by atoms with Crippen LogP contribution >= 0.6 is 0 Å². The molecular formula is C25H31N5O4. The maximum Gasteiger partial charge on any atom is 0.274 e. The number of methoxy groups -OCH3 is 1. The molecule has 1 saturated carbocycles. The summed E-state index contributed by atoms with van der Waals surface area (Å²) in [7, 11) is 3.13. The summed E-state index contributed by atoms with van der Waals surface area (Å²) in [5.41, 5.74) is 0.981. The number of hydrogen-bond donors (Lipinski definition) is 2. The third kappa shape index (κ3) is 4.69. The van der Waals surface area contributed by atoms with E-state index in [1.165, 1.54) is 11.7 Å². The number of rotatable bonds is 6. The highest BCUT2D eigenvalue weighted by Crippen LogP contribution is 2.35. The van der Waals surface area contributed by atoms with Crippen molar-refractivity contribution in [1.82, 2.24) is 19.7 Å². The van der Waals surface area contributed by atoms with Crippen LogP contribution in [0.15, 0.2) is 41.5 Å². The van der Waals surface area contributed by atoms with E-state index in [1.807, 2.05) is 17.8 Å². The van der Waals surface area contributed by atoms with Crippen molar-refractivity contribution in [3.8, 4) is 5.75 Å². The molecule has 0 radical (unpaired) electrons. The Kier molecular flexibility index (Phi) is 6.72. The lowest BCUT2D eigenvalue weighted by Crippen LogP contribution is -2.40. The zero-order valence-electron chi connectivity index (χ0n) is 20.0. The minimum atomic E-state index is -0.421. The van der Waals surface area contributed by atoms with Gasteiger partial charge in [0.15, 0.2) is 0 Å². The highest BCUT2D eigenvalue weighted by Gasteiger charge is 2.30. The molecule has 9 nitrogen and oxygen atoms in total. The molecular weight excluding hydrogens is 434 g/mol. The van der Waals surface area contributed by atoms with E-state index in [2.05, 4.69) is 17.6 Å². The summed E-state index contributed by atoms with van der Waals surface area (Å²) in [5.74, 6) is 0.397. The van der Waals surface area contributed by atoms with E-state index < -0.39 is 5.91 Å². The Morgan fingerprint density at radius 1 is 1.26 bits per heavy atom. The standard InChI is InChI=1S/C25H31N5O4/c1-5-23(31)26-17-8-9-21(15(2)11-17)30-14-16-12-18(22(34-4)13-20(16)28-30)24(32)27-19-7-6-10-29(3)25(19)33/h6-7,10,12-15,17,21H,5,8-9,11H2,1-4H3,(H,26,31)(H,27,32)/t15-,17?,21-/m1/s1. The van der Waals surface area contributed by atoms with Crippen LogP contribution in [0.1, 0.15) is 55.9 Å². The van der Waals surface area contributed by atoms with Crippen LogP contribution in [-0.2, 0) is 11.8 Å². The van der Waals surface area contributed by atoms with Crippen molar-refractivity contribution < 1.29 is 14.3 Å². The molecule has 3 aromatic rings. The minimum Gasteiger partial charge on any atom is -0.496 e. The molecule has 0 bridgehead atoms. The maximum absolute atomic E-state index is 13.0. The van der Waals surface area contributed by atoms with Gasteiger partial charge >= 0.3 is 0 Å². The fourth-order valence-electron chi connectivity index (χ4n) is 4.70. The molecule has 3 atom stereocenters. The predicted octanol–water partition coefficient (Wildman–Crippen LogP) is 3.25. The number of carbonyl (C=O) groups excluding carboxylic acids is 2. The molecule has 0 saturated heterocycles. The number of aryl methyl sites for hydroxylation is 1. The largest absolute Gasteiger partial charge is 0.496 e. The highest BCUT2D eigenvalue weighted by molar-refractivity contribution is 6.08. The van der Waals surface area contributed by atoms with Gasteiger partial charge in [0.2, 0.25) is 5.91 Å². The number of fused-ring (bicyclic) bond motifs is 1. The molecule has 1 aliphatic carbocycles. The van der Waals surface area contributed by atoms with Crippen LogP contribution in [0.5, 0.6) is 5.75 Å². The minimum absolute atomic E-state index is 0.0896. The van der Waals surface area contributed by atoms with Gasteiger partial charge in [-0.3, -0.25) is 19.1 Å². The fourth-order valence-corrected chi connectivity index (χ4v) is 4.70. The van der Waals surface area contributed by atoms with Gasteiger partial charge in [0.05, 0.1) is 24.2 Å². The van der Waals surface area contributed by atoms with Crippen molar-refractivity contribution in [2.45, 2.75) is 51.6 Å². The number of ether oxygens (including phenoxy) is 1. The van der Waals surface area contributed by atoms with E-state index in [0.717, 1.165) is 30.2 Å². The number of anilines is 1. The Bertz CT molecular complexity index is 1280. The van der Waals surface area contributed by atoms with E-state index >= 15 is 0 Å². The number of amides is 2. The van der Waals surface area contributed by atoms with Crippen molar-refractivity contribution >= 4 is 28.4 Å². The molecule has 180 valence electrons. The topological polar surface area (TPSA) is 107 Å². The van der Waals surface area contributed by atoms with Gasteiger partial charge in [-0.1, -0.05) is 13.8 Å². The third-order valence-corrected chi connectivity index (χ3v) is 6.61. The first-order valence-electron chi connectivity index (χ1n) is 11.6. The van der Waals surface area contributed by atoms with Crippen molar-refractivity contribution in [3.05, 3.63) is 52.6 Å². The van der Waals surface area contributed by atoms with Gasteiger partial charge in [0, 0.05) is 43.4 Å². The summed E-state index contributed by atoms with van der Waals surface area (Å²) < 4.78 is 8.85. The molecule has 2 N–H and O–H groups in total. The molecule has 2 heterocycles. The number of nitrogens with zero attached hydrogens (tertiary/aromatic N) is 3. The van der Waals surface area contributed by atoms with Gasteiger partial charge in [-0.25, -0.2) is 0 Å². The summed E-state index contributed by atoms with van der Waals surface area (Å²) in [6.45, 7) is 4.04. The van der Waals surface area contributed by atoms with Crippen LogP contribution in [-0.4, -0.2) is 39.3 Å². The van der Waals surface area contributed by atoms with Gasteiger partial charge < -0.3 is 19.9 Å². The first-order valence-corrected chi connectivity index (χ1v) is 11.6. The molecule has 34 heavy (non-hydrogen) atoms. The third-order valence-electron chi connectivity index (χ3n) is 6.61. The average molecular weight is 466 g/mol. The smallest absolute Gasteiger partial charge is 0.274 e. The van der Waals surface area contributed by atoms with Crippen LogP contribution in [0.3, 0.4) is 0 Å². The summed E-state index contributed by atoms with van der Waals surface area (Å²) in [6.07, 6.45) is 6.79. The first kappa shape index (κ1) is 23.5. The zero-order valence-corrected chi connectivity index (χ0v) is 20.0. The zero-order chi connectivity index (χ0) is 24.4. The van der Waals surface area contributed by atoms with E-state index in [9.17, 15) is 14.4 Å². The summed E-state index contributed by atoms with van der Waals surface area (Å²) >= 11 is 0. The second-order valence-corrected chi connectivity index (χ2v) is 8.99. The summed E-state index contributed by atoms with van der Waals surface area (Å²) in [5, 5.41) is 11.4. The number of carbonyl (C=O) groups is 2. The molecule has 2 amide bonds. The molecule has 1 aliphatic rings. The maximum atomic E-state index is 13.0. The molecule has 2 aromatic heterocycles. The highest BCUT2D eigenvalue weighted by atomic mass is 16.5. The number of pyridine rings is 1. The summed E-state index contributed by atoms with van der Waals surface area (Å²) in [4.78, 5) is 37.1. The Morgan fingerprint density at radius 2 is 2.06 bits per heavy atom. The molecule has 1 unspecified atom stereocenters. The Balaban J connectivity index is 1.58. The molecule has 1 aromatic carbocycles. The Hall–Kier alpha value is -3.62. The van der Waals surface area contributed by atoms with Gasteiger partial charge in [0.1, 0.15) is 11.4 Å². The number of benzene rings is 1. The van der Waals surface area contributed by atoms with Crippen LogP contribution in [0.25, 0.3) is 10.9 Å². The first-order chi connectivity index (χ1) is 16.3. The van der Waals surface area contributed by atoms with E-state index in [1.54, 1.807) is 37.5 Å². The fraction of sp³-hybridized carbons (Fsp3) is 0.440. The number of aromatic nitrogens is 3. The SMILES string of the molecule is CCC(=O)NC1CC[C@@H](n2cc3cc(C(=O)Nc4cccn(C)c4=O)c(OC)cc3n2)[C@H](C)C1. The normalized spacial score (nSPS) is 20.2. The van der Waals surface area contributed by atoms with E-state index in [0.29, 0.717) is 23.7 Å². The lowest BCUT2D eigenvalue weighted by molar-refractivity contribution is -0.121. The molecule has 4 rings (SSSR count). The van der Waals surface area contributed by atoms with Crippen molar-refractivity contribution in [2.24, 2.45) is 13.0 Å². The monoisotopic (exact) mass is 465 g/mol. The molecule has 0 spiro atoms. The molecule has 0 aliphatic heterocycles. The second-order valence-electron chi connectivity index (χ2n) is 8.99. The van der Waals surface area contributed by atoms with E-state index in [4.69, 9.17) is 9.84 Å². The van der Waals surface area contributed by atoms with Gasteiger partial charge in [-0.05, 0) is 43.4 Å². The average Bonchev–Trinajstić information content (AvgIpc) is 3.23. The lowest BCUT2D eigenvalue weighted by atomic mass is 9.82.